The van der Waals surface area contributed by atoms with Gasteiger partial charge in [-0.2, -0.15) is 0 Å². The van der Waals surface area contributed by atoms with Crippen molar-refractivity contribution < 1.29 is 9.18 Å². The summed E-state index contributed by atoms with van der Waals surface area (Å²) in [5, 5.41) is 0.679. The van der Waals surface area contributed by atoms with E-state index >= 15 is 0 Å². The van der Waals surface area contributed by atoms with Gasteiger partial charge in [0.15, 0.2) is 5.13 Å². The zero-order valence-corrected chi connectivity index (χ0v) is 13.7. The first-order chi connectivity index (χ1) is 10.6. The molecule has 1 saturated heterocycles. The van der Waals surface area contributed by atoms with Crippen molar-refractivity contribution in [3.05, 3.63) is 24.0 Å². The Hall–Kier alpha value is -1.69. The summed E-state index contributed by atoms with van der Waals surface area (Å²) in [4.78, 5) is 20.6. The van der Waals surface area contributed by atoms with Crippen molar-refractivity contribution in [3.63, 3.8) is 0 Å². The molecule has 4 nitrogen and oxygen atoms in total. The number of aromatic nitrogens is 1. The van der Waals surface area contributed by atoms with Crippen LogP contribution in [0.25, 0.3) is 10.2 Å². The molecule has 0 radical (unpaired) electrons. The summed E-state index contributed by atoms with van der Waals surface area (Å²) in [6, 6.07) is 5.25. The Morgan fingerprint density at radius 2 is 2.32 bits per heavy atom. The van der Waals surface area contributed by atoms with Crippen LogP contribution in [0, 0.1) is 5.82 Å². The van der Waals surface area contributed by atoms with Gasteiger partial charge in [0.2, 0.25) is 5.91 Å². The van der Waals surface area contributed by atoms with Crippen LogP contribution in [0.5, 0.6) is 0 Å². The molecule has 1 atom stereocenters. The SMILES string of the molecule is CC1CCCCN1C(=O)CN(C)c1nc2c(F)cccc2s1. The number of fused-ring (bicyclic) bond motifs is 1. The number of rotatable bonds is 3. The maximum Gasteiger partial charge on any atom is 0.242 e. The molecular formula is C16H20FN3OS. The minimum atomic E-state index is -0.315. The number of likely N-dealkylation sites (tertiary alicyclic amines) is 1. The normalized spacial score (nSPS) is 18.7. The van der Waals surface area contributed by atoms with Gasteiger partial charge in [-0.25, -0.2) is 9.37 Å². The molecule has 2 aromatic rings. The number of likely N-dealkylation sites (N-methyl/N-ethyl adjacent to an activating group) is 1. The molecule has 1 aliphatic rings. The lowest BCUT2D eigenvalue weighted by Crippen LogP contribution is -2.46. The van der Waals surface area contributed by atoms with E-state index in [9.17, 15) is 9.18 Å². The van der Waals surface area contributed by atoms with E-state index in [1.165, 1.54) is 23.8 Å². The maximum absolute atomic E-state index is 13.7. The molecule has 0 saturated carbocycles. The van der Waals surface area contributed by atoms with Crippen LogP contribution in [0.1, 0.15) is 26.2 Å². The fourth-order valence-corrected chi connectivity index (χ4v) is 3.84. The Bertz CT molecular complexity index is 687. The number of amides is 1. The topological polar surface area (TPSA) is 36.4 Å². The Balaban J connectivity index is 1.73. The van der Waals surface area contributed by atoms with E-state index in [0.29, 0.717) is 16.7 Å². The standard InChI is InChI=1S/C16H20FN3OS/c1-11-6-3-4-9-20(11)14(21)10-19(2)16-18-15-12(17)7-5-8-13(15)22-16/h5,7-8,11H,3-4,6,9-10H2,1-2H3. The summed E-state index contributed by atoms with van der Waals surface area (Å²) in [5.41, 5.74) is 0.383. The molecule has 1 fully saturated rings. The number of halogens is 1. The van der Waals surface area contributed by atoms with Crippen molar-refractivity contribution in [2.24, 2.45) is 0 Å². The highest BCUT2D eigenvalue weighted by Gasteiger charge is 2.24. The number of carbonyl (C=O) groups excluding carboxylic acids is 1. The lowest BCUT2D eigenvalue weighted by atomic mass is 10.0. The lowest BCUT2D eigenvalue weighted by molar-refractivity contribution is -0.132. The second kappa shape index (κ2) is 6.20. The first-order valence-corrected chi connectivity index (χ1v) is 8.43. The van der Waals surface area contributed by atoms with Crippen molar-refractivity contribution >= 4 is 32.6 Å². The summed E-state index contributed by atoms with van der Waals surface area (Å²) in [6.07, 6.45) is 3.34. The second-order valence-electron chi connectivity index (χ2n) is 5.87. The third kappa shape index (κ3) is 2.92. The van der Waals surface area contributed by atoms with E-state index in [1.807, 2.05) is 22.9 Å². The van der Waals surface area contributed by atoms with Crippen molar-refractivity contribution in [1.82, 2.24) is 9.88 Å². The monoisotopic (exact) mass is 321 g/mol. The van der Waals surface area contributed by atoms with Gasteiger partial charge >= 0.3 is 0 Å². The maximum atomic E-state index is 13.7. The number of carbonyl (C=O) groups is 1. The molecule has 118 valence electrons. The predicted molar refractivity (Wildman–Crippen MR) is 87.9 cm³/mol. The van der Waals surface area contributed by atoms with Gasteiger partial charge in [-0.15, -0.1) is 0 Å². The fraction of sp³-hybridized carbons (Fsp3) is 0.500. The van der Waals surface area contributed by atoms with Gasteiger partial charge < -0.3 is 9.80 Å². The van der Waals surface area contributed by atoms with Crippen LogP contribution >= 0.6 is 11.3 Å². The summed E-state index contributed by atoms with van der Waals surface area (Å²) in [7, 11) is 1.84. The number of benzene rings is 1. The van der Waals surface area contributed by atoms with E-state index < -0.39 is 0 Å². The quantitative estimate of drug-likeness (QED) is 0.870. The zero-order valence-electron chi connectivity index (χ0n) is 12.9. The van der Waals surface area contributed by atoms with Crippen LogP contribution in [0.2, 0.25) is 0 Å². The van der Waals surface area contributed by atoms with Crippen molar-refractivity contribution in [2.45, 2.75) is 32.2 Å². The number of thiazole rings is 1. The number of hydrogen-bond acceptors (Lipinski definition) is 4. The summed E-state index contributed by atoms with van der Waals surface area (Å²) >= 11 is 1.41. The molecule has 0 bridgehead atoms. The second-order valence-corrected chi connectivity index (χ2v) is 6.88. The summed E-state index contributed by atoms with van der Waals surface area (Å²) in [6.45, 7) is 3.22. The van der Waals surface area contributed by atoms with Gasteiger partial charge in [0.05, 0.1) is 11.2 Å². The number of anilines is 1. The first-order valence-electron chi connectivity index (χ1n) is 7.62. The molecule has 1 aromatic heterocycles. The molecule has 2 heterocycles. The molecule has 3 rings (SSSR count). The number of para-hydroxylation sites is 1. The number of hydrogen-bond donors (Lipinski definition) is 0. The lowest BCUT2D eigenvalue weighted by Gasteiger charge is -2.34. The molecule has 1 aromatic carbocycles. The highest BCUT2D eigenvalue weighted by Crippen LogP contribution is 2.29. The van der Waals surface area contributed by atoms with Crippen LogP contribution in [-0.4, -0.2) is 42.0 Å². The first kappa shape index (κ1) is 15.2. The largest absolute Gasteiger partial charge is 0.342 e. The Morgan fingerprint density at radius 1 is 1.50 bits per heavy atom. The fourth-order valence-electron chi connectivity index (χ4n) is 2.90. The predicted octanol–water partition coefficient (Wildman–Crippen LogP) is 3.27. The average molecular weight is 321 g/mol. The third-order valence-electron chi connectivity index (χ3n) is 4.18. The third-order valence-corrected chi connectivity index (χ3v) is 5.32. The van der Waals surface area contributed by atoms with Gasteiger partial charge in [0.25, 0.3) is 0 Å². The zero-order chi connectivity index (χ0) is 15.7. The Kier molecular flexibility index (Phi) is 4.29. The minimum Gasteiger partial charge on any atom is -0.342 e. The summed E-state index contributed by atoms with van der Waals surface area (Å²) < 4.78 is 14.5. The van der Waals surface area contributed by atoms with Gasteiger partial charge in [0, 0.05) is 19.6 Å². The van der Waals surface area contributed by atoms with E-state index in [1.54, 1.807) is 6.07 Å². The van der Waals surface area contributed by atoms with E-state index in [0.717, 1.165) is 24.1 Å². The number of piperidine rings is 1. The summed E-state index contributed by atoms with van der Waals surface area (Å²) in [5.74, 6) is -0.196. The Labute approximate surface area is 133 Å². The molecule has 1 aliphatic heterocycles. The van der Waals surface area contributed by atoms with Crippen molar-refractivity contribution in [1.29, 1.82) is 0 Å². The highest BCUT2D eigenvalue weighted by molar-refractivity contribution is 7.22. The van der Waals surface area contributed by atoms with E-state index in [4.69, 9.17) is 0 Å². The van der Waals surface area contributed by atoms with Crippen LogP contribution in [0.15, 0.2) is 18.2 Å². The van der Waals surface area contributed by atoms with E-state index in [-0.39, 0.29) is 18.3 Å². The highest BCUT2D eigenvalue weighted by atomic mass is 32.1. The van der Waals surface area contributed by atoms with Gasteiger partial charge in [0.1, 0.15) is 11.3 Å². The molecule has 1 amide bonds. The average Bonchev–Trinajstić information content (AvgIpc) is 2.93. The van der Waals surface area contributed by atoms with Crippen LogP contribution < -0.4 is 4.90 Å². The molecule has 22 heavy (non-hydrogen) atoms. The van der Waals surface area contributed by atoms with E-state index in [2.05, 4.69) is 11.9 Å². The smallest absolute Gasteiger partial charge is 0.242 e. The molecule has 1 unspecified atom stereocenters. The molecule has 0 spiro atoms. The van der Waals surface area contributed by atoms with Crippen molar-refractivity contribution in [3.8, 4) is 0 Å². The van der Waals surface area contributed by atoms with Crippen LogP contribution in [0.3, 0.4) is 0 Å². The van der Waals surface area contributed by atoms with Gasteiger partial charge in [-0.1, -0.05) is 17.4 Å². The molecule has 0 aliphatic carbocycles. The molecule has 6 heteroatoms. The van der Waals surface area contributed by atoms with Crippen LogP contribution in [-0.2, 0) is 4.79 Å². The van der Waals surface area contributed by atoms with Gasteiger partial charge in [-0.05, 0) is 38.3 Å². The minimum absolute atomic E-state index is 0.120. The van der Waals surface area contributed by atoms with Crippen LogP contribution in [0.4, 0.5) is 9.52 Å². The van der Waals surface area contributed by atoms with Gasteiger partial charge in [-0.3, -0.25) is 4.79 Å². The van der Waals surface area contributed by atoms with Crippen molar-refractivity contribution in [2.75, 3.05) is 25.0 Å². The Morgan fingerprint density at radius 3 is 3.05 bits per heavy atom. The molecular weight excluding hydrogens is 301 g/mol. The molecule has 0 N–H and O–H groups in total. The number of nitrogens with zero attached hydrogens (tertiary/aromatic N) is 3.